The first-order chi connectivity index (χ1) is 9.93. The summed E-state index contributed by atoms with van der Waals surface area (Å²) in [7, 11) is 0. The third-order valence-corrected chi connectivity index (χ3v) is 3.77. The predicted octanol–water partition coefficient (Wildman–Crippen LogP) is 4.06. The van der Waals surface area contributed by atoms with Gasteiger partial charge in [-0.2, -0.15) is 5.10 Å². The van der Waals surface area contributed by atoms with Crippen molar-refractivity contribution in [2.24, 2.45) is 0 Å². The number of halogens is 1. The predicted molar refractivity (Wildman–Crippen MR) is 85.5 cm³/mol. The summed E-state index contributed by atoms with van der Waals surface area (Å²) in [4.78, 5) is 10.9. The number of nitrogens with zero attached hydrogens (tertiary/aromatic N) is 3. The van der Waals surface area contributed by atoms with E-state index in [1.54, 1.807) is 11.6 Å². The average Bonchev–Trinajstić information content (AvgIpc) is 2.74. The SMILES string of the molecule is CCn1nc(C)c([N+](=O)[O-])c1NC(C)c1cccc(Br)c1. The van der Waals surface area contributed by atoms with Crippen LogP contribution in [0.25, 0.3) is 0 Å². The summed E-state index contributed by atoms with van der Waals surface area (Å²) in [5, 5.41) is 18.7. The molecule has 0 aliphatic carbocycles. The van der Waals surface area contributed by atoms with Crippen LogP contribution in [0.3, 0.4) is 0 Å². The molecular weight excluding hydrogens is 336 g/mol. The Morgan fingerprint density at radius 1 is 1.52 bits per heavy atom. The van der Waals surface area contributed by atoms with Crippen LogP contribution in [0, 0.1) is 17.0 Å². The lowest BCUT2D eigenvalue weighted by Gasteiger charge is -2.16. The molecule has 1 atom stereocenters. The molecule has 112 valence electrons. The van der Waals surface area contributed by atoms with Crippen LogP contribution in [0.4, 0.5) is 11.5 Å². The van der Waals surface area contributed by atoms with Crippen LogP contribution in [-0.4, -0.2) is 14.7 Å². The molecule has 1 heterocycles. The van der Waals surface area contributed by atoms with E-state index in [9.17, 15) is 10.1 Å². The van der Waals surface area contributed by atoms with Crippen molar-refractivity contribution in [3.05, 3.63) is 50.1 Å². The molecule has 0 saturated carbocycles. The van der Waals surface area contributed by atoms with Gasteiger partial charge in [0, 0.05) is 11.0 Å². The molecule has 0 bridgehead atoms. The summed E-state index contributed by atoms with van der Waals surface area (Å²) in [5.74, 6) is 0.451. The van der Waals surface area contributed by atoms with Gasteiger partial charge in [-0.25, -0.2) is 4.68 Å². The molecule has 1 aromatic heterocycles. The van der Waals surface area contributed by atoms with E-state index in [1.165, 1.54) is 0 Å². The van der Waals surface area contributed by atoms with Crippen molar-refractivity contribution in [2.75, 3.05) is 5.32 Å². The second-order valence-corrected chi connectivity index (χ2v) is 5.69. The maximum atomic E-state index is 11.2. The third-order valence-electron chi connectivity index (χ3n) is 3.28. The van der Waals surface area contributed by atoms with Crippen LogP contribution < -0.4 is 5.32 Å². The molecule has 0 radical (unpaired) electrons. The number of aromatic nitrogens is 2. The first kappa shape index (κ1) is 15.5. The summed E-state index contributed by atoms with van der Waals surface area (Å²) in [6, 6.07) is 7.78. The van der Waals surface area contributed by atoms with Gasteiger partial charge in [-0.15, -0.1) is 0 Å². The standard InChI is InChI=1S/C14H17BrN4O2/c1-4-18-14(13(19(20)21)10(3)17-18)16-9(2)11-6-5-7-12(15)8-11/h5-9,16H,4H2,1-3H3. The molecule has 0 aliphatic heterocycles. The Labute approximate surface area is 131 Å². The molecular formula is C14H17BrN4O2. The molecule has 7 heteroatoms. The second kappa shape index (κ2) is 6.26. The Kier molecular flexibility index (Phi) is 4.62. The third kappa shape index (κ3) is 3.24. The van der Waals surface area contributed by atoms with Gasteiger partial charge in [0.1, 0.15) is 5.69 Å². The zero-order valence-corrected chi connectivity index (χ0v) is 13.7. The van der Waals surface area contributed by atoms with Crippen LogP contribution in [0.2, 0.25) is 0 Å². The monoisotopic (exact) mass is 352 g/mol. The Balaban J connectivity index is 2.36. The van der Waals surface area contributed by atoms with Gasteiger partial charge >= 0.3 is 5.69 Å². The van der Waals surface area contributed by atoms with E-state index in [0.29, 0.717) is 18.1 Å². The van der Waals surface area contributed by atoms with Gasteiger partial charge in [-0.05, 0) is 38.5 Å². The van der Waals surface area contributed by atoms with Crippen molar-refractivity contribution in [1.82, 2.24) is 9.78 Å². The van der Waals surface area contributed by atoms with Crippen molar-refractivity contribution in [3.63, 3.8) is 0 Å². The van der Waals surface area contributed by atoms with Gasteiger partial charge in [0.25, 0.3) is 0 Å². The molecule has 1 N–H and O–H groups in total. The Bertz CT molecular complexity index is 669. The zero-order valence-electron chi connectivity index (χ0n) is 12.1. The van der Waals surface area contributed by atoms with E-state index in [2.05, 4.69) is 26.3 Å². The largest absolute Gasteiger partial charge is 0.358 e. The molecule has 2 rings (SSSR count). The normalized spacial score (nSPS) is 12.2. The lowest BCUT2D eigenvalue weighted by molar-refractivity contribution is -0.384. The van der Waals surface area contributed by atoms with Gasteiger partial charge in [-0.3, -0.25) is 10.1 Å². The molecule has 1 aromatic carbocycles. The van der Waals surface area contributed by atoms with Gasteiger partial charge in [0.2, 0.25) is 5.82 Å². The number of benzene rings is 1. The van der Waals surface area contributed by atoms with Gasteiger partial charge < -0.3 is 5.32 Å². The summed E-state index contributed by atoms with van der Waals surface area (Å²) < 4.78 is 2.60. The number of hydrogen-bond donors (Lipinski definition) is 1. The second-order valence-electron chi connectivity index (χ2n) is 4.78. The number of nitrogens with one attached hydrogen (secondary N) is 1. The summed E-state index contributed by atoms with van der Waals surface area (Å²) >= 11 is 3.43. The van der Waals surface area contributed by atoms with Crippen LogP contribution >= 0.6 is 15.9 Å². The minimum absolute atomic E-state index is 0.0405. The summed E-state index contributed by atoms with van der Waals surface area (Å²) in [5.41, 5.74) is 1.50. The minimum Gasteiger partial charge on any atom is -0.358 e. The van der Waals surface area contributed by atoms with E-state index >= 15 is 0 Å². The van der Waals surface area contributed by atoms with Crippen molar-refractivity contribution in [1.29, 1.82) is 0 Å². The first-order valence-electron chi connectivity index (χ1n) is 6.67. The first-order valence-corrected chi connectivity index (χ1v) is 7.47. The fourth-order valence-corrected chi connectivity index (χ4v) is 2.64. The van der Waals surface area contributed by atoms with Gasteiger partial charge in [0.15, 0.2) is 0 Å². The molecule has 0 aliphatic rings. The summed E-state index contributed by atoms with van der Waals surface area (Å²) in [6.07, 6.45) is 0. The maximum Gasteiger partial charge on any atom is 0.333 e. The van der Waals surface area contributed by atoms with Gasteiger partial charge in [0.05, 0.1) is 11.0 Å². The van der Waals surface area contributed by atoms with Crippen molar-refractivity contribution >= 4 is 27.4 Å². The van der Waals surface area contributed by atoms with Crippen LogP contribution in [0.1, 0.15) is 31.1 Å². The van der Waals surface area contributed by atoms with E-state index in [4.69, 9.17) is 0 Å². The van der Waals surface area contributed by atoms with E-state index in [0.717, 1.165) is 10.0 Å². The maximum absolute atomic E-state index is 11.2. The van der Waals surface area contributed by atoms with Crippen LogP contribution in [0.15, 0.2) is 28.7 Å². The molecule has 1 unspecified atom stereocenters. The molecule has 6 nitrogen and oxygen atoms in total. The molecule has 0 spiro atoms. The van der Waals surface area contributed by atoms with Crippen molar-refractivity contribution in [3.8, 4) is 0 Å². The van der Waals surface area contributed by atoms with Gasteiger partial charge in [-0.1, -0.05) is 28.1 Å². The fraction of sp³-hybridized carbons (Fsp3) is 0.357. The van der Waals surface area contributed by atoms with E-state index < -0.39 is 0 Å². The molecule has 0 saturated heterocycles. The Morgan fingerprint density at radius 2 is 2.24 bits per heavy atom. The number of rotatable bonds is 5. The van der Waals surface area contributed by atoms with E-state index in [1.807, 2.05) is 38.1 Å². The summed E-state index contributed by atoms with van der Waals surface area (Å²) in [6.45, 7) is 6.10. The lowest BCUT2D eigenvalue weighted by atomic mass is 10.1. The lowest BCUT2D eigenvalue weighted by Crippen LogP contribution is -2.12. The molecule has 21 heavy (non-hydrogen) atoms. The number of nitro groups is 1. The topological polar surface area (TPSA) is 73.0 Å². The molecule has 0 fully saturated rings. The highest BCUT2D eigenvalue weighted by atomic mass is 79.9. The smallest absolute Gasteiger partial charge is 0.333 e. The Morgan fingerprint density at radius 3 is 2.81 bits per heavy atom. The zero-order chi connectivity index (χ0) is 15.6. The van der Waals surface area contributed by atoms with Crippen LogP contribution in [0.5, 0.6) is 0 Å². The quantitative estimate of drug-likeness (QED) is 0.650. The molecule has 2 aromatic rings. The van der Waals surface area contributed by atoms with Crippen LogP contribution in [-0.2, 0) is 6.54 Å². The number of hydrogen-bond acceptors (Lipinski definition) is 4. The average molecular weight is 353 g/mol. The van der Waals surface area contributed by atoms with Crippen molar-refractivity contribution < 1.29 is 4.92 Å². The number of anilines is 1. The highest BCUT2D eigenvalue weighted by molar-refractivity contribution is 9.10. The Hall–Kier alpha value is -1.89. The number of aryl methyl sites for hydroxylation is 2. The van der Waals surface area contributed by atoms with Crippen molar-refractivity contribution in [2.45, 2.75) is 33.4 Å². The molecule has 0 amide bonds. The highest BCUT2D eigenvalue weighted by Gasteiger charge is 2.26. The fourth-order valence-electron chi connectivity index (χ4n) is 2.23. The van der Waals surface area contributed by atoms with E-state index in [-0.39, 0.29) is 16.7 Å². The minimum atomic E-state index is -0.384. The highest BCUT2D eigenvalue weighted by Crippen LogP contribution is 2.31.